The fourth-order valence-electron chi connectivity index (χ4n) is 2.79. The van der Waals surface area contributed by atoms with Gasteiger partial charge in [-0.25, -0.2) is 4.98 Å². The molecular formula is C21H21N5S. The molecule has 0 atom stereocenters. The smallest absolute Gasteiger partial charge is 0.225 e. The zero-order valence-corrected chi connectivity index (χ0v) is 16.1. The van der Waals surface area contributed by atoms with Crippen molar-refractivity contribution in [1.82, 2.24) is 15.0 Å². The van der Waals surface area contributed by atoms with Crippen molar-refractivity contribution in [2.75, 3.05) is 10.6 Å². The van der Waals surface area contributed by atoms with Gasteiger partial charge in [-0.15, -0.1) is 11.3 Å². The Bertz CT molecular complexity index is 1030. The lowest BCUT2D eigenvalue weighted by atomic mass is 10.2. The summed E-state index contributed by atoms with van der Waals surface area (Å²) in [4.78, 5) is 15.0. The van der Waals surface area contributed by atoms with E-state index in [1.165, 1.54) is 10.4 Å². The van der Waals surface area contributed by atoms with Crippen molar-refractivity contribution >= 4 is 33.3 Å². The third-order valence-electron chi connectivity index (χ3n) is 4.01. The lowest BCUT2D eigenvalue weighted by Crippen LogP contribution is -2.13. The van der Waals surface area contributed by atoms with Gasteiger partial charge in [0, 0.05) is 17.1 Å². The number of pyridine rings is 1. The van der Waals surface area contributed by atoms with E-state index in [0.717, 1.165) is 21.7 Å². The van der Waals surface area contributed by atoms with E-state index >= 15 is 0 Å². The third kappa shape index (κ3) is 4.06. The third-order valence-corrected chi connectivity index (χ3v) is 5.19. The van der Waals surface area contributed by atoms with E-state index in [1.807, 2.05) is 24.3 Å². The van der Waals surface area contributed by atoms with Gasteiger partial charge in [-0.2, -0.15) is 4.98 Å². The molecule has 5 nitrogen and oxygen atoms in total. The highest BCUT2D eigenvalue weighted by Crippen LogP contribution is 2.36. The number of nitrogens with one attached hydrogen (secondary N) is 2. The molecule has 0 aliphatic carbocycles. The van der Waals surface area contributed by atoms with E-state index in [9.17, 15) is 0 Å². The Kier molecular flexibility index (Phi) is 4.98. The molecule has 0 aliphatic rings. The Morgan fingerprint density at radius 3 is 2.56 bits per heavy atom. The monoisotopic (exact) mass is 375 g/mol. The van der Waals surface area contributed by atoms with Crippen molar-refractivity contribution in [2.45, 2.75) is 26.4 Å². The minimum absolute atomic E-state index is 0.262. The van der Waals surface area contributed by atoms with Crippen LogP contribution in [0.3, 0.4) is 0 Å². The van der Waals surface area contributed by atoms with Crippen LogP contribution in [-0.4, -0.2) is 21.0 Å². The number of anilines is 2. The number of hydrogen-bond acceptors (Lipinski definition) is 6. The van der Waals surface area contributed by atoms with E-state index in [1.54, 1.807) is 17.5 Å². The van der Waals surface area contributed by atoms with Crippen LogP contribution in [0.4, 0.5) is 11.8 Å². The summed E-state index contributed by atoms with van der Waals surface area (Å²) in [5.74, 6) is 1.47. The molecule has 0 fully saturated rings. The van der Waals surface area contributed by atoms with Gasteiger partial charge in [-0.1, -0.05) is 36.4 Å². The summed E-state index contributed by atoms with van der Waals surface area (Å²) in [5, 5.41) is 6.75. The Labute approximate surface area is 162 Å². The van der Waals surface area contributed by atoms with Crippen molar-refractivity contribution in [2.24, 2.45) is 0 Å². The van der Waals surface area contributed by atoms with E-state index < -0.39 is 0 Å². The number of rotatable bonds is 6. The molecule has 2 N–H and O–H groups in total. The summed E-state index contributed by atoms with van der Waals surface area (Å²) in [7, 11) is 0. The van der Waals surface area contributed by atoms with Crippen LogP contribution < -0.4 is 10.6 Å². The minimum Gasteiger partial charge on any atom is -0.363 e. The Morgan fingerprint density at radius 1 is 1.00 bits per heavy atom. The first-order chi connectivity index (χ1) is 13.2. The maximum atomic E-state index is 4.71. The lowest BCUT2D eigenvalue weighted by Gasteiger charge is -2.11. The molecule has 0 saturated carbocycles. The largest absolute Gasteiger partial charge is 0.363 e. The Balaban J connectivity index is 1.73. The highest BCUT2D eigenvalue weighted by atomic mass is 32.1. The van der Waals surface area contributed by atoms with Gasteiger partial charge in [0.25, 0.3) is 0 Å². The Morgan fingerprint density at radius 2 is 1.81 bits per heavy atom. The van der Waals surface area contributed by atoms with Gasteiger partial charge in [-0.3, -0.25) is 4.98 Å². The minimum atomic E-state index is 0.262. The van der Waals surface area contributed by atoms with Crippen molar-refractivity contribution in [1.29, 1.82) is 0 Å². The number of aromatic nitrogens is 3. The highest BCUT2D eigenvalue weighted by Gasteiger charge is 2.13. The molecule has 0 bridgehead atoms. The van der Waals surface area contributed by atoms with Crippen molar-refractivity contribution in [3.05, 3.63) is 66.5 Å². The maximum absolute atomic E-state index is 4.71. The quantitative estimate of drug-likeness (QED) is 0.486. The lowest BCUT2D eigenvalue weighted by molar-refractivity contribution is 0.877. The van der Waals surface area contributed by atoms with Gasteiger partial charge in [0.2, 0.25) is 5.95 Å². The summed E-state index contributed by atoms with van der Waals surface area (Å²) in [5.41, 5.74) is 3.11. The molecule has 27 heavy (non-hydrogen) atoms. The van der Waals surface area contributed by atoms with Crippen LogP contribution in [0, 0.1) is 0 Å². The zero-order chi connectivity index (χ0) is 18.6. The second-order valence-electron chi connectivity index (χ2n) is 6.56. The molecule has 3 heterocycles. The summed E-state index contributed by atoms with van der Waals surface area (Å²) >= 11 is 1.70. The average Bonchev–Trinajstić information content (AvgIpc) is 3.11. The predicted octanol–water partition coefficient (Wildman–Crippen LogP) is 5.19. The van der Waals surface area contributed by atoms with Crippen LogP contribution in [0.1, 0.15) is 19.5 Å². The van der Waals surface area contributed by atoms with Crippen LogP contribution in [0.2, 0.25) is 0 Å². The fourth-order valence-corrected chi connectivity index (χ4v) is 3.86. The second kappa shape index (κ2) is 7.72. The molecule has 0 aliphatic heterocycles. The van der Waals surface area contributed by atoms with Crippen molar-refractivity contribution < 1.29 is 0 Å². The van der Waals surface area contributed by atoms with Crippen molar-refractivity contribution in [3.8, 4) is 10.4 Å². The van der Waals surface area contributed by atoms with Crippen LogP contribution in [0.25, 0.3) is 20.7 Å². The van der Waals surface area contributed by atoms with Gasteiger partial charge in [0.05, 0.1) is 22.5 Å². The predicted molar refractivity (Wildman–Crippen MR) is 113 cm³/mol. The molecule has 0 spiro atoms. The molecule has 1 aromatic carbocycles. The van der Waals surface area contributed by atoms with Crippen LogP contribution in [-0.2, 0) is 6.54 Å². The number of hydrogen-bond donors (Lipinski definition) is 2. The zero-order valence-electron chi connectivity index (χ0n) is 15.3. The average molecular weight is 376 g/mol. The first-order valence-corrected chi connectivity index (χ1v) is 9.78. The molecule has 3 aromatic heterocycles. The molecule has 136 valence electrons. The number of fused-ring (bicyclic) bond motifs is 1. The van der Waals surface area contributed by atoms with Gasteiger partial charge < -0.3 is 10.6 Å². The van der Waals surface area contributed by atoms with Gasteiger partial charge in [0.1, 0.15) is 5.82 Å². The highest BCUT2D eigenvalue weighted by molar-refractivity contribution is 7.22. The van der Waals surface area contributed by atoms with E-state index in [4.69, 9.17) is 9.97 Å². The Hall–Kier alpha value is -2.99. The molecule has 0 saturated heterocycles. The SMILES string of the molecule is CC(C)Nc1nc(NCc2ccccn2)c2sc(-c3ccccc3)cc2n1. The molecule has 0 radical (unpaired) electrons. The van der Waals surface area contributed by atoms with Crippen LogP contribution >= 0.6 is 11.3 Å². The van der Waals surface area contributed by atoms with Gasteiger partial charge in [0.15, 0.2) is 0 Å². The number of nitrogens with zero attached hydrogens (tertiary/aromatic N) is 3. The molecule has 0 amide bonds. The maximum Gasteiger partial charge on any atom is 0.225 e. The summed E-state index contributed by atoms with van der Waals surface area (Å²) < 4.78 is 1.05. The summed E-state index contributed by atoms with van der Waals surface area (Å²) in [6, 6.07) is 18.7. The van der Waals surface area contributed by atoms with E-state index in [2.05, 4.69) is 59.8 Å². The molecule has 0 unspecified atom stereocenters. The number of benzene rings is 1. The standard InChI is InChI=1S/C21H21N5S/c1-14(2)24-21-25-17-12-18(15-8-4-3-5-9-15)27-19(17)20(26-21)23-13-16-10-6-7-11-22-16/h3-12,14H,13H2,1-2H3,(H2,23,24,25,26). The molecule has 4 aromatic rings. The molecule has 4 rings (SSSR count). The first kappa shape index (κ1) is 17.4. The van der Waals surface area contributed by atoms with Gasteiger partial charge in [-0.05, 0) is 37.6 Å². The molecular weight excluding hydrogens is 354 g/mol. The van der Waals surface area contributed by atoms with Crippen LogP contribution in [0.5, 0.6) is 0 Å². The fraction of sp³-hybridized carbons (Fsp3) is 0.190. The van der Waals surface area contributed by atoms with Crippen molar-refractivity contribution in [3.63, 3.8) is 0 Å². The van der Waals surface area contributed by atoms with Crippen LogP contribution in [0.15, 0.2) is 60.8 Å². The normalized spacial score (nSPS) is 11.1. The van der Waals surface area contributed by atoms with E-state index in [-0.39, 0.29) is 6.04 Å². The molecule has 6 heteroatoms. The topological polar surface area (TPSA) is 62.7 Å². The van der Waals surface area contributed by atoms with Gasteiger partial charge >= 0.3 is 0 Å². The summed E-state index contributed by atoms with van der Waals surface area (Å²) in [6.45, 7) is 4.78. The summed E-state index contributed by atoms with van der Waals surface area (Å²) in [6.07, 6.45) is 1.80. The first-order valence-electron chi connectivity index (χ1n) is 8.96. The second-order valence-corrected chi connectivity index (χ2v) is 7.61. The van der Waals surface area contributed by atoms with E-state index in [0.29, 0.717) is 12.5 Å². The number of thiophene rings is 1.